The zero-order valence-corrected chi connectivity index (χ0v) is 15.6. The summed E-state index contributed by atoms with van der Waals surface area (Å²) >= 11 is 0. The highest BCUT2D eigenvalue weighted by Gasteiger charge is 2.15. The van der Waals surface area contributed by atoms with Crippen molar-refractivity contribution in [2.75, 3.05) is 5.32 Å². The fraction of sp³-hybridized carbons (Fsp3) is 0.435. The third-order valence-electron chi connectivity index (χ3n) is 5.88. The number of amides is 1. The first-order chi connectivity index (χ1) is 12.8. The Morgan fingerprint density at radius 2 is 1.81 bits per heavy atom. The lowest BCUT2D eigenvalue weighted by molar-refractivity contribution is -0.116. The van der Waals surface area contributed by atoms with Crippen LogP contribution < -0.4 is 5.32 Å². The van der Waals surface area contributed by atoms with E-state index in [0.29, 0.717) is 6.42 Å². The molecule has 1 amide bonds. The van der Waals surface area contributed by atoms with Gasteiger partial charge in [0, 0.05) is 40.5 Å². The van der Waals surface area contributed by atoms with Crippen LogP contribution in [0.1, 0.15) is 51.9 Å². The highest BCUT2D eigenvalue weighted by molar-refractivity contribution is 6.09. The highest BCUT2D eigenvalue weighted by atomic mass is 16.1. The van der Waals surface area contributed by atoms with Crippen LogP contribution in [0.5, 0.6) is 0 Å². The monoisotopic (exact) mass is 348 g/mol. The van der Waals surface area contributed by atoms with Gasteiger partial charge in [0.25, 0.3) is 0 Å². The molecule has 1 aliphatic rings. The Morgan fingerprint density at radius 1 is 1.04 bits per heavy atom. The summed E-state index contributed by atoms with van der Waals surface area (Å²) < 4.78 is 2.33. The van der Waals surface area contributed by atoms with Gasteiger partial charge in [0.05, 0.1) is 0 Å². The maximum Gasteiger partial charge on any atom is 0.224 e. The molecule has 3 nitrogen and oxygen atoms in total. The van der Waals surface area contributed by atoms with E-state index in [1.54, 1.807) is 0 Å². The number of carbonyl (C=O) groups excluding carboxylic acids is 1. The average molecular weight is 348 g/mol. The smallest absolute Gasteiger partial charge is 0.224 e. The number of fused-ring (bicyclic) bond motifs is 3. The molecule has 1 aromatic heterocycles. The minimum atomic E-state index is 0.147. The van der Waals surface area contributed by atoms with Gasteiger partial charge in [0.15, 0.2) is 0 Å². The standard InChI is InChI=1S/C23H28N2O/c1-2-25-21-11-7-6-10-19(21)20-16-18(13-14-22(20)25)24-23(26)15-12-17-8-4-3-5-9-17/h6-7,10-11,13-14,16-17H,2-5,8-9,12,15H2,1H3,(H,24,26). The molecule has 1 aliphatic carbocycles. The summed E-state index contributed by atoms with van der Waals surface area (Å²) in [6.45, 7) is 3.12. The number of para-hydroxylation sites is 1. The Balaban J connectivity index is 1.52. The zero-order valence-electron chi connectivity index (χ0n) is 15.6. The molecule has 3 heteroatoms. The molecule has 1 fully saturated rings. The number of hydrogen-bond donors (Lipinski definition) is 1. The summed E-state index contributed by atoms with van der Waals surface area (Å²) in [5.41, 5.74) is 3.39. The molecular weight excluding hydrogens is 320 g/mol. The van der Waals surface area contributed by atoms with Gasteiger partial charge in [0.2, 0.25) is 5.91 Å². The summed E-state index contributed by atoms with van der Waals surface area (Å²) in [4.78, 5) is 12.4. The van der Waals surface area contributed by atoms with Crippen molar-refractivity contribution in [3.63, 3.8) is 0 Å². The molecule has 4 rings (SSSR count). The molecular formula is C23H28N2O. The zero-order chi connectivity index (χ0) is 17.9. The average Bonchev–Trinajstić information content (AvgIpc) is 3.00. The Kier molecular flexibility index (Phi) is 4.96. The third-order valence-corrected chi connectivity index (χ3v) is 5.88. The predicted molar refractivity (Wildman–Crippen MR) is 110 cm³/mol. The molecule has 0 radical (unpaired) electrons. The van der Waals surface area contributed by atoms with E-state index in [1.807, 2.05) is 6.07 Å². The SMILES string of the molecule is CCn1c2ccccc2c2cc(NC(=O)CCC3CCCCC3)ccc21. The van der Waals surface area contributed by atoms with Crippen molar-refractivity contribution in [3.05, 3.63) is 42.5 Å². The molecule has 1 saturated carbocycles. The number of anilines is 1. The van der Waals surface area contributed by atoms with Crippen molar-refractivity contribution in [2.24, 2.45) is 5.92 Å². The van der Waals surface area contributed by atoms with Crippen LogP contribution in [0.2, 0.25) is 0 Å². The number of nitrogens with one attached hydrogen (secondary N) is 1. The second-order valence-corrected chi connectivity index (χ2v) is 7.58. The number of aryl methyl sites for hydroxylation is 1. The van der Waals surface area contributed by atoms with Gasteiger partial charge in [-0.3, -0.25) is 4.79 Å². The number of benzene rings is 2. The first-order valence-electron chi connectivity index (χ1n) is 10.1. The van der Waals surface area contributed by atoms with Crippen LogP contribution in [0, 0.1) is 5.92 Å². The van der Waals surface area contributed by atoms with Crippen LogP contribution in [0.25, 0.3) is 21.8 Å². The lowest BCUT2D eigenvalue weighted by Crippen LogP contribution is -2.14. The lowest BCUT2D eigenvalue weighted by Gasteiger charge is -2.21. The van der Waals surface area contributed by atoms with Crippen molar-refractivity contribution in [1.29, 1.82) is 0 Å². The summed E-state index contributed by atoms with van der Waals surface area (Å²) in [6.07, 6.45) is 8.32. The molecule has 1 N–H and O–H groups in total. The van der Waals surface area contributed by atoms with Crippen molar-refractivity contribution in [3.8, 4) is 0 Å². The maximum absolute atomic E-state index is 12.4. The summed E-state index contributed by atoms with van der Waals surface area (Å²) in [5, 5.41) is 5.59. The predicted octanol–water partition coefficient (Wildman–Crippen LogP) is 6.11. The number of nitrogens with zero attached hydrogens (tertiary/aromatic N) is 1. The minimum absolute atomic E-state index is 0.147. The molecule has 0 bridgehead atoms. The third kappa shape index (κ3) is 3.35. The first-order valence-corrected chi connectivity index (χ1v) is 10.1. The number of hydrogen-bond acceptors (Lipinski definition) is 1. The van der Waals surface area contributed by atoms with Crippen molar-refractivity contribution in [2.45, 2.75) is 58.4 Å². The molecule has 0 saturated heterocycles. The molecule has 136 valence electrons. The summed E-state index contributed by atoms with van der Waals surface area (Å²) in [7, 11) is 0. The summed E-state index contributed by atoms with van der Waals surface area (Å²) in [5.74, 6) is 0.897. The van der Waals surface area contributed by atoms with Crippen LogP contribution in [-0.2, 0) is 11.3 Å². The van der Waals surface area contributed by atoms with Gasteiger partial charge in [-0.05, 0) is 43.5 Å². The highest BCUT2D eigenvalue weighted by Crippen LogP contribution is 2.31. The van der Waals surface area contributed by atoms with Crippen LogP contribution in [0.3, 0.4) is 0 Å². The van der Waals surface area contributed by atoms with Crippen molar-refractivity contribution >= 4 is 33.4 Å². The Morgan fingerprint density at radius 3 is 2.62 bits per heavy atom. The van der Waals surface area contributed by atoms with Gasteiger partial charge in [-0.15, -0.1) is 0 Å². The van der Waals surface area contributed by atoms with E-state index in [2.05, 4.69) is 53.2 Å². The van der Waals surface area contributed by atoms with Gasteiger partial charge in [-0.25, -0.2) is 0 Å². The van der Waals surface area contributed by atoms with Gasteiger partial charge >= 0.3 is 0 Å². The quantitative estimate of drug-likeness (QED) is 0.592. The Bertz CT molecular complexity index is 918. The fourth-order valence-corrected chi connectivity index (χ4v) is 4.51. The Hall–Kier alpha value is -2.29. The second kappa shape index (κ2) is 7.53. The maximum atomic E-state index is 12.4. The normalized spacial score (nSPS) is 15.6. The molecule has 1 heterocycles. The van der Waals surface area contributed by atoms with Crippen LogP contribution in [0.15, 0.2) is 42.5 Å². The first kappa shape index (κ1) is 17.1. The van der Waals surface area contributed by atoms with E-state index >= 15 is 0 Å². The van der Waals surface area contributed by atoms with Gasteiger partial charge < -0.3 is 9.88 Å². The largest absolute Gasteiger partial charge is 0.341 e. The number of carbonyl (C=O) groups is 1. The van der Waals surface area contributed by atoms with E-state index in [4.69, 9.17) is 0 Å². The fourth-order valence-electron chi connectivity index (χ4n) is 4.51. The molecule has 0 atom stereocenters. The van der Waals surface area contributed by atoms with Gasteiger partial charge in [-0.2, -0.15) is 0 Å². The number of aromatic nitrogens is 1. The Labute approximate surface area is 155 Å². The van der Waals surface area contributed by atoms with Crippen molar-refractivity contribution < 1.29 is 4.79 Å². The van der Waals surface area contributed by atoms with Crippen LogP contribution in [0.4, 0.5) is 5.69 Å². The molecule has 0 unspecified atom stereocenters. The number of rotatable bonds is 5. The molecule has 26 heavy (non-hydrogen) atoms. The lowest BCUT2D eigenvalue weighted by atomic mass is 9.86. The van der Waals surface area contributed by atoms with Crippen LogP contribution in [-0.4, -0.2) is 10.5 Å². The van der Waals surface area contributed by atoms with E-state index < -0.39 is 0 Å². The van der Waals surface area contributed by atoms with Gasteiger partial charge in [-0.1, -0.05) is 50.3 Å². The van der Waals surface area contributed by atoms with E-state index in [1.165, 1.54) is 53.9 Å². The molecule has 3 aromatic rings. The van der Waals surface area contributed by atoms with Gasteiger partial charge in [0.1, 0.15) is 0 Å². The minimum Gasteiger partial charge on any atom is -0.341 e. The molecule has 0 aliphatic heterocycles. The van der Waals surface area contributed by atoms with Crippen molar-refractivity contribution in [1.82, 2.24) is 4.57 Å². The van der Waals surface area contributed by atoms with E-state index in [0.717, 1.165) is 24.6 Å². The van der Waals surface area contributed by atoms with Crippen LogP contribution >= 0.6 is 0 Å². The molecule has 0 spiro atoms. The summed E-state index contributed by atoms with van der Waals surface area (Å²) in [6, 6.07) is 14.8. The van der Waals surface area contributed by atoms with E-state index in [-0.39, 0.29) is 5.91 Å². The van der Waals surface area contributed by atoms with E-state index in [9.17, 15) is 4.79 Å². The second-order valence-electron chi connectivity index (χ2n) is 7.58. The molecule has 2 aromatic carbocycles. The topological polar surface area (TPSA) is 34.0 Å².